The standard InChI is InChI=1S/C14H16N4O2S.HI/c1-15-14(17-10-12-6-4-8-21-12)16-9-11-5-2-3-7-13(11)18(19)20;/h2-8H,9-10H2,1H3,(H2,15,16,17);1H. The van der Waals surface area contributed by atoms with E-state index in [1.54, 1.807) is 36.6 Å². The Morgan fingerprint density at radius 1 is 1.23 bits per heavy atom. The molecule has 22 heavy (non-hydrogen) atoms. The Kier molecular flexibility index (Phi) is 7.82. The number of guanidine groups is 1. The Labute approximate surface area is 149 Å². The number of para-hydroxylation sites is 1. The molecule has 0 unspecified atom stereocenters. The first-order valence-corrected chi connectivity index (χ1v) is 7.28. The third-order valence-corrected chi connectivity index (χ3v) is 3.74. The average Bonchev–Trinajstić information content (AvgIpc) is 3.01. The average molecular weight is 432 g/mol. The summed E-state index contributed by atoms with van der Waals surface area (Å²) >= 11 is 1.66. The van der Waals surface area contributed by atoms with Crippen molar-refractivity contribution in [2.24, 2.45) is 4.99 Å². The molecule has 2 aromatic rings. The van der Waals surface area contributed by atoms with E-state index < -0.39 is 0 Å². The van der Waals surface area contributed by atoms with Gasteiger partial charge in [-0.2, -0.15) is 0 Å². The van der Waals surface area contributed by atoms with E-state index in [9.17, 15) is 10.1 Å². The van der Waals surface area contributed by atoms with E-state index in [-0.39, 0.29) is 34.6 Å². The van der Waals surface area contributed by atoms with Crippen LogP contribution in [0.4, 0.5) is 5.69 Å². The maximum Gasteiger partial charge on any atom is 0.274 e. The maximum atomic E-state index is 11.0. The topological polar surface area (TPSA) is 79.6 Å². The van der Waals surface area contributed by atoms with Crippen molar-refractivity contribution in [3.63, 3.8) is 0 Å². The van der Waals surface area contributed by atoms with Gasteiger partial charge in [-0.3, -0.25) is 15.1 Å². The van der Waals surface area contributed by atoms with Crippen molar-refractivity contribution >= 4 is 47.0 Å². The molecule has 0 radical (unpaired) electrons. The van der Waals surface area contributed by atoms with E-state index in [1.165, 1.54) is 10.9 Å². The molecule has 2 rings (SSSR count). The van der Waals surface area contributed by atoms with Crippen LogP contribution in [0.3, 0.4) is 0 Å². The molecule has 0 aliphatic carbocycles. The Bertz CT molecular complexity index is 632. The molecule has 0 amide bonds. The number of aliphatic imine (C=N–C) groups is 1. The number of benzene rings is 1. The smallest absolute Gasteiger partial charge is 0.274 e. The first-order valence-electron chi connectivity index (χ1n) is 6.40. The van der Waals surface area contributed by atoms with Crippen LogP contribution in [0.25, 0.3) is 0 Å². The van der Waals surface area contributed by atoms with Gasteiger partial charge >= 0.3 is 0 Å². The summed E-state index contributed by atoms with van der Waals surface area (Å²) in [4.78, 5) is 15.9. The second-order valence-electron chi connectivity index (χ2n) is 4.24. The quantitative estimate of drug-likeness (QED) is 0.250. The third-order valence-electron chi connectivity index (χ3n) is 2.87. The summed E-state index contributed by atoms with van der Waals surface area (Å²) in [6.45, 7) is 1.02. The van der Waals surface area contributed by atoms with Crippen LogP contribution in [0.15, 0.2) is 46.8 Å². The minimum Gasteiger partial charge on any atom is -0.352 e. The predicted molar refractivity (Wildman–Crippen MR) is 99.9 cm³/mol. The highest BCUT2D eigenvalue weighted by molar-refractivity contribution is 14.0. The zero-order chi connectivity index (χ0) is 15.1. The van der Waals surface area contributed by atoms with Gasteiger partial charge in [0.05, 0.1) is 11.5 Å². The number of nitrogens with zero attached hydrogens (tertiary/aromatic N) is 2. The van der Waals surface area contributed by atoms with E-state index in [2.05, 4.69) is 15.6 Å². The lowest BCUT2D eigenvalue weighted by Gasteiger charge is -2.11. The van der Waals surface area contributed by atoms with E-state index in [4.69, 9.17) is 0 Å². The third kappa shape index (κ3) is 5.26. The van der Waals surface area contributed by atoms with Crippen LogP contribution >= 0.6 is 35.3 Å². The lowest BCUT2D eigenvalue weighted by molar-refractivity contribution is -0.385. The van der Waals surface area contributed by atoms with Crippen molar-refractivity contribution in [1.82, 2.24) is 10.6 Å². The van der Waals surface area contributed by atoms with Crippen LogP contribution in [-0.2, 0) is 13.1 Å². The summed E-state index contributed by atoms with van der Waals surface area (Å²) in [5, 5.41) is 19.2. The van der Waals surface area contributed by atoms with E-state index in [0.717, 1.165) is 0 Å². The van der Waals surface area contributed by atoms with Gasteiger partial charge in [0, 0.05) is 30.1 Å². The SMILES string of the molecule is CN=C(NCc1cccs1)NCc1ccccc1[N+](=O)[O-].I. The molecule has 8 heteroatoms. The Morgan fingerprint density at radius 3 is 2.59 bits per heavy atom. The minimum atomic E-state index is -0.376. The Hall–Kier alpha value is -1.68. The van der Waals surface area contributed by atoms with E-state index in [1.807, 2.05) is 17.5 Å². The molecule has 2 N–H and O–H groups in total. The lowest BCUT2D eigenvalue weighted by atomic mass is 10.2. The number of rotatable bonds is 5. The monoisotopic (exact) mass is 432 g/mol. The highest BCUT2D eigenvalue weighted by Gasteiger charge is 2.12. The Balaban J connectivity index is 0.00000242. The van der Waals surface area contributed by atoms with Crippen molar-refractivity contribution in [2.75, 3.05) is 7.05 Å². The number of thiophene rings is 1. The molecular weight excluding hydrogens is 415 g/mol. The van der Waals surface area contributed by atoms with Gasteiger partial charge in [0.25, 0.3) is 5.69 Å². The molecule has 0 saturated carbocycles. The van der Waals surface area contributed by atoms with Crippen LogP contribution in [0.5, 0.6) is 0 Å². The fourth-order valence-corrected chi connectivity index (χ4v) is 2.47. The zero-order valence-electron chi connectivity index (χ0n) is 12.0. The molecule has 0 saturated heterocycles. The summed E-state index contributed by atoms with van der Waals surface area (Å²) in [5.74, 6) is 0.613. The predicted octanol–water partition coefficient (Wildman–Crippen LogP) is 3.14. The molecule has 6 nitrogen and oxygen atoms in total. The number of nitro benzene ring substituents is 1. The molecule has 1 aromatic carbocycles. The lowest BCUT2D eigenvalue weighted by Crippen LogP contribution is -2.36. The van der Waals surface area contributed by atoms with Gasteiger partial charge in [0.15, 0.2) is 5.96 Å². The number of hydrogen-bond donors (Lipinski definition) is 2. The van der Waals surface area contributed by atoms with Gasteiger partial charge < -0.3 is 10.6 Å². The van der Waals surface area contributed by atoms with Gasteiger partial charge in [-0.25, -0.2) is 0 Å². The van der Waals surface area contributed by atoms with Crippen molar-refractivity contribution in [2.45, 2.75) is 13.1 Å². The summed E-state index contributed by atoms with van der Waals surface area (Å²) in [5.41, 5.74) is 0.736. The van der Waals surface area contributed by atoms with Crippen molar-refractivity contribution < 1.29 is 4.92 Å². The molecule has 1 heterocycles. The molecule has 118 valence electrons. The molecule has 1 aromatic heterocycles. The van der Waals surface area contributed by atoms with Gasteiger partial charge in [-0.1, -0.05) is 24.3 Å². The van der Waals surface area contributed by atoms with Crippen LogP contribution in [0.1, 0.15) is 10.4 Å². The van der Waals surface area contributed by atoms with E-state index >= 15 is 0 Å². The summed E-state index contributed by atoms with van der Waals surface area (Å²) in [6.07, 6.45) is 0. The van der Waals surface area contributed by atoms with Crippen molar-refractivity contribution in [3.05, 3.63) is 62.3 Å². The fourth-order valence-electron chi connectivity index (χ4n) is 1.82. The first kappa shape index (κ1) is 18.4. The second-order valence-corrected chi connectivity index (χ2v) is 5.28. The van der Waals surface area contributed by atoms with Crippen LogP contribution in [0.2, 0.25) is 0 Å². The van der Waals surface area contributed by atoms with Gasteiger partial charge in [0.2, 0.25) is 0 Å². The summed E-state index contributed by atoms with van der Waals surface area (Å²) in [6, 6.07) is 10.7. The van der Waals surface area contributed by atoms with Crippen LogP contribution < -0.4 is 10.6 Å². The number of nitrogens with one attached hydrogen (secondary N) is 2. The number of hydrogen-bond acceptors (Lipinski definition) is 4. The molecule has 0 fully saturated rings. The van der Waals surface area contributed by atoms with Gasteiger partial charge in [-0.05, 0) is 11.4 Å². The van der Waals surface area contributed by atoms with Crippen LogP contribution in [0, 0.1) is 10.1 Å². The fraction of sp³-hybridized carbons (Fsp3) is 0.214. The molecule has 0 bridgehead atoms. The van der Waals surface area contributed by atoms with E-state index in [0.29, 0.717) is 24.6 Å². The van der Waals surface area contributed by atoms with Crippen molar-refractivity contribution in [3.8, 4) is 0 Å². The van der Waals surface area contributed by atoms with Gasteiger partial charge in [0.1, 0.15) is 0 Å². The van der Waals surface area contributed by atoms with Crippen LogP contribution in [-0.4, -0.2) is 17.9 Å². The Morgan fingerprint density at radius 2 is 1.95 bits per heavy atom. The number of nitro groups is 1. The second kappa shape index (κ2) is 9.36. The number of halogens is 1. The highest BCUT2D eigenvalue weighted by Crippen LogP contribution is 2.17. The minimum absolute atomic E-state index is 0. The summed E-state index contributed by atoms with van der Waals surface area (Å²) in [7, 11) is 1.67. The molecule has 0 aliphatic heterocycles. The highest BCUT2D eigenvalue weighted by atomic mass is 127. The summed E-state index contributed by atoms with van der Waals surface area (Å²) < 4.78 is 0. The maximum absolute atomic E-state index is 11.0. The molecule has 0 atom stereocenters. The van der Waals surface area contributed by atoms with Crippen molar-refractivity contribution in [1.29, 1.82) is 0 Å². The largest absolute Gasteiger partial charge is 0.352 e. The molecular formula is C14H17IN4O2S. The zero-order valence-corrected chi connectivity index (χ0v) is 15.1. The molecule has 0 spiro atoms. The first-order chi connectivity index (χ1) is 10.2. The van der Waals surface area contributed by atoms with Gasteiger partial charge in [-0.15, -0.1) is 35.3 Å². The normalized spacial score (nSPS) is 10.7. The molecule has 0 aliphatic rings.